The molecule has 1 heterocycles. The van der Waals surface area contributed by atoms with E-state index < -0.39 is 0 Å². The third-order valence-electron chi connectivity index (χ3n) is 3.99. The second-order valence-corrected chi connectivity index (χ2v) is 6.11. The summed E-state index contributed by atoms with van der Waals surface area (Å²) in [5.41, 5.74) is 9.19. The first kappa shape index (κ1) is 20.4. The van der Waals surface area contributed by atoms with Crippen LogP contribution in [0.3, 0.4) is 0 Å². The molecule has 138 valence electrons. The summed E-state index contributed by atoms with van der Waals surface area (Å²) in [5.74, 6) is 1.00. The molecule has 2 aromatic carbocycles. The van der Waals surface area contributed by atoms with Crippen LogP contribution in [0.15, 0.2) is 53.7 Å². The number of aryl methyl sites for hydroxylation is 1. The normalized spacial score (nSPS) is 11.2. The highest BCUT2D eigenvalue weighted by atomic mass is 127. The second-order valence-electron chi connectivity index (χ2n) is 5.70. The van der Waals surface area contributed by atoms with Gasteiger partial charge in [-0.1, -0.05) is 29.8 Å². The number of ether oxygens (including phenoxy) is 1. The summed E-state index contributed by atoms with van der Waals surface area (Å²) >= 11 is 6.10. The molecule has 0 spiro atoms. The molecular weight excluding hydrogens is 463 g/mol. The lowest BCUT2D eigenvalue weighted by molar-refractivity contribution is 0.415. The summed E-state index contributed by atoms with van der Waals surface area (Å²) in [4.78, 5) is 7.66. The van der Waals surface area contributed by atoms with Gasteiger partial charge < -0.3 is 20.8 Å². The molecular formula is C19H22ClIN4O. The number of methoxy groups -OCH3 is 1. The summed E-state index contributed by atoms with van der Waals surface area (Å²) in [7, 11) is 1.58. The molecule has 0 saturated carbocycles. The first-order valence-electron chi connectivity index (χ1n) is 8.13. The first-order valence-corrected chi connectivity index (χ1v) is 8.50. The summed E-state index contributed by atoms with van der Waals surface area (Å²) < 4.78 is 5.13. The number of aromatic nitrogens is 1. The minimum atomic E-state index is 0. The number of halogens is 2. The number of aliphatic imine (C=N–C) groups is 1. The molecule has 0 bridgehead atoms. The average Bonchev–Trinajstić information content (AvgIpc) is 3.02. The van der Waals surface area contributed by atoms with Gasteiger partial charge >= 0.3 is 0 Å². The van der Waals surface area contributed by atoms with E-state index in [1.807, 2.05) is 12.1 Å². The van der Waals surface area contributed by atoms with E-state index in [9.17, 15) is 0 Å². The van der Waals surface area contributed by atoms with Crippen LogP contribution in [0.5, 0.6) is 5.75 Å². The fourth-order valence-electron chi connectivity index (χ4n) is 2.74. The van der Waals surface area contributed by atoms with Crippen molar-refractivity contribution in [3.8, 4) is 5.75 Å². The molecule has 7 heteroatoms. The minimum Gasteiger partial charge on any atom is -0.495 e. The molecule has 0 aliphatic rings. The second kappa shape index (κ2) is 9.68. The zero-order chi connectivity index (χ0) is 17.6. The number of guanidine groups is 1. The Balaban J connectivity index is 0.00000243. The molecule has 0 aliphatic carbocycles. The number of hydrogen-bond acceptors (Lipinski definition) is 2. The van der Waals surface area contributed by atoms with E-state index in [1.54, 1.807) is 19.2 Å². The van der Waals surface area contributed by atoms with Crippen LogP contribution in [0.1, 0.15) is 12.0 Å². The Kier molecular flexibility index (Phi) is 7.59. The third kappa shape index (κ3) is 5.04. The van der Waals surface area contributed by atoms with Gasteiger partial charge in [-0.25, -0.2) is 0 Å². The van der Waals surface area contributed by atoms with E-state index >= 15 is 0 Å². The fraction of sp³-hybridized carbons (Fsp3) is 0.211. The van der Waals surface area contributed by atoms with E-state index in [1.165, 1.54) is 16.5 Å². The van der Waals surface area contributed by atoms with Crippen molar-refractivity contribution in [2.75, 3.05) is 19.0 Å². The predicted molar refractivity (Wildman–Crippen MR) is 120 cm³/mol. The summed E-state index contributed by atoms with van der Waals surface area (Å²) in [6.45, 7) is 0.655. The Morgan fingerprint density at radius 3 is 2.85 bits per heavy atom. The number of hydrogen-bond donors (Lipinski definition) is 3. The Morgan fingerprint density at radius 2 is 2.08 bits per heavy atom. The molecule has 0 radical (unpaired) electrons. The molecule has 3 rings (SSSR count). The largest absolute Gasteiger partial charge is 0.495 e. The van der Waals surface area contributed by atoms with Crippen LogP contribution in [0.4, 0.5) is 5.69 Å². The van der Waals surface area contributed by atoms with Crippen molar-refractivity contribution in [3.63, 3.8) is 0 Å². The summed E-state index contributed by atoms with van der Waals surface area (Å²) in [6, 6.07) is 13.7. The fourth-order valence-corrected chi connectivity index (χ4v) is 3.00. The van der Waals surface area contributed by atoms with Gasteiger partial charge in [0.15, 0.2) is 5.96 Å². The number of nitrogens with two attached hydrogens (primary N) is 1. The van der Waals surface area contributed by atoms with E-state index in [-0.39, 0.29) is 24.0 Å². The van der Waals surface area contributed by atoms with E-state index in [2.05, 4.69) is 39.7 Å². The number of aromatic amines is 1. The molecule has 1 aromatic heterocycles. The van der Waals surface area contributed by atoms with Crippen molar-refractivity contribution in [1.82, 2.24) is 4.98 Å². The van der Waals surface area contributed by atoms with Crippen LogP contribution in [-0.4, -0.2) is 24.6 Å². The zero-order valence-electron chi connectivity index (χ0n) is 14.5. The van der Waals surface area contributed by atoms with Crippen molar-refractivity contribution in [1.29, 1.82) is 0 Å². The Morgan fingerprint density at radius 1 is 1.27 bits per heavy atom. The van der Waals surface area contributed by atoms with Gasteiger partial charge in [-0.3, -0.25) is 4.99 Å². The van der Waals surface area contributed by atoms with E-state index in [0.717, 1.165) is 18.5 Å². The van der Waals surface area contributed by atoms with Gasteiger partial charge in [-0.05, 0) is 42.7 Å². The van der Waals surface area contributed by atoms with Crippen LogP contribution in [-0.2, 0) is 6.42 Å². The Bertz CT molecular complexity index is 894. The van der Waals surface area contributed by atoms with Crippen molar-refractivity contribution in [2.24, 2.45) is 10.7 Å². The molecule has 0 aliphatic heterocycles. The van der Waals surface area contributed by atoms with E-state index in [4.69, 9.17) is 22.1 Å². The number of nitrogens with zero attached hydrogens (tertiary/aromatic N) is 1. The standard InChI is InChI=1S/C19H21ClN4O.HI/c1-25-18-9-8-14(11-16(18)20)24-19(21)22-10-4-5-13-12-23-17-7-3-2-6-15(13)17;/h2-3,6-9,11-12,23H,4-5,10H2,1H3,(H3,21,22,24);1H. The minimum absolute atomic E-state index is 0. The average molecular weight is 485 g/mol. The molecule has 0 unspecified atom stereocenters. The number of nitrogens with one attached hydrogen (secondary N) is 2. The van der Waals surface area contributed by atoms with Gasteiger partial charge in [0.1, 0.15) is 5.75 Å². The van der Waals surface area contributed by atoms with Crippen LogP contribution in [0.25, 0.3) is 10.9 Å². The van der Waals surface area contributed by atoms with Gasteiger partial charge in [-0.15, -0.1) is 24.0 Å². The molecule has 0 saturated heterocycles. The van der Waals surface area contributed by atoms with Gasteiger partial charge in [0.05, 0.1) is 12.1 Å². The maximum atomic E-state index is 6.10. The van der Waals surface area contributed by atoms with Crippen LogP contribution >= 0.6 is 35.6 Å². The van der Waals surface area contributed by atoms with Crippen molar-refractivity contribution in [3.05, 3.63) is 59.2 Å². The number of anilines is 1. The highest BCUT2D eigenvalue weighted by Crippen LogP contribution is 2.27. The molecule has 0 atom stereocenters. The Hall–Kier alpha value is -1.93. The molecule has 4 N–H and O–H groups in total. The van der Waals surface area contributed by atoms with E-state index in [0.29, 0.717) is 23.3 Å². The summed E-state index contributed by atoms with van der Waals surface area (Å²) in [5, 5.41) is 4.84. The number of para-hydroxylation sites is 1. The van der Waals surface area contributed by atoms with Gasteiger partial charge in [0.25, 0.3) is 0 Å². The highest BCUT2D eigenvalue weighted by molar-refractivity contribution is 14.0. The molecule has 0 fully saturated rings. The first-order chi connectivity index (χ1) is 12.2. The Labute approximate surface area is 175 Å². The lowest BCUT2D eigenvalue weighted by Gasteiger charge is -2.08. The number of benzene rings is 2. The topological polar surface area (TPSA) is 75.4 Å². The molecule has 26 heavy (non-hydrogen) atoms. The lowest BCUT2D eigenvalue weighted by atomic mass is 10.1. The zero-order valence-corrected chi connectivity index (χ0v) is 17.5. The molecule has 0 amide bonds. The monoisotopic (exact) mass is 484 g/mol. The molecule has 5 nitrogen and oxygen atoms in total. The quantitative estimate of drug-likeness (QED) is 0.203. The van der Waals surface area contributed by atoms with Gasteiger partial charge in [-0.2, -0.15) is 0 Å². The number of fused-ring (bicyclic) bond motifs is 1. The van der Waals surface area contributed by atoms with Crippen molar-refractivity contribution < 1.29 is 4.74 Å². The third-order valence-corrected chi connectivity index (χ3v) is 4.28. The number of H-pyrrole nitrogens is 1. The van der Waals surface area contributed by atoms with Crippen LogP contribution < -0.4 is 15.8 Å². The lowest BCUT2D eigenvalue weighted by Crippen LogP contribution is -2.22. The maximum Gasteiger partial charge on any atom is 0.193 e. The summed E-state index contributed by atoms with van der Waals surface area (Å²) in [6.07, 6.45) is 3.94. The SMILES string of the molecule is COc1ccc(NC(N)=NCCCc2c[nH]c3ccccc23)cc1Cl.I. The van der Waals surface area contributed by atoms with Crippen molar-refractivity contribution >= 4 is 58.1 Å². The van der Waals surface area contributed by atoms with Crippen LogP contribution in [0, 0.1) is 0 Å². The maximum absolute atomic E-state index is 6.10. The van der Waals surface area contributed by atoms with Gasteiger partial charge in [0, 0.05) is 29.3 Å². The molecule has 3 aromatic rings. The highest BCUT2D eigenvalue weighted by Gasteiger charge is 2.04. The van der Waals surface area contributed by atoms with Crippen molar-refractivity contribution in [2.45, 2.75) is 12.8 Å². The smallest absolute Gasteiger partial charge is 0.193 e. The number of rotatable bonds is 6. The predicted octanol–water partition coefficient (Wildman–Crippen LogP) is 4.81. The van der Waals surface area contributed by atoms with Crippen LogP contribution in [0.2, 0.25) is 5.02 Å². The van der Waals surface area contributed by atoms with Gasteiger partial charge in [0.2, 0.25) is 0 Å².